The van der Waals surface area contributed by atoms with Crippen molar-refractivity contribution in [2.45, 2.75) is 59.2 Å². The predicted molar refractivity (Wildman–Crippen MR) is 167 cm³/mol. The first-order valence-electron chi connectivity index (χ1n) is 14.8. The molecular formula is C32H39FN6O6. The van der Waals surface area contributed by atoms with Crippen LogP contribution >= 0.6 is 0 Å². The largest absolute Gasteiger partial charge is 0.464 e. The van der Waals surface area contributed by atoms with Crippen LogP contribution in [-0.4, -0.2) is 88.0 Å². The molecule has 0 unspecified atom stereocenters. The fourth-order valence-electron chi connectivity index (χ4n) is 5.65. The van der Waals surface area contributed by atoms with Crippen LogP contribution in [0.25, 0.3) is 33.2 Å². The average Bonchev–Trinajstić information content (AvgIpc) is 3.35. The Hall–Kier alpha value is -4.52. The average molecular weight is 623 g/mol. The normalized spacial score (nSPS) is 17.2. The van der Waals surface area contributed by atoms with Gasteiger partial charge in [-0.2, -0.15) is 5.10 Å². The second kappa shape index (κ2) is 12.5. The van der Waals surface area contributed by atoms with Gasteiger partial charge < -0.3 is 23.8 Å². The number of esters is 1. The van der Waals surface area contributed by atoms with Gasteiger partial charge in [0, 0.05) is 49.9 Å². The number of piperazine rings is 1. The fourth-order valence-corrected chi connectivity index (χ4v) is 5.65. The zero-order valence-corrected chi connectivity index (χ0v) is 26.9. The van der Waals surface area contributed by atoms with Gasteiger partial charge in [0.15, 0.2) is 29.9 Å². The Kier molecular flexibility index (Phi) is 8.83. The zero-order valence-electron chi connectivity index (χ0n) is 26.9. The Labute approximate surface area is 261 Å². The van der Waals surface area contributed by atoms with Gasteiger partial charge in [-0.05, 0) is 65.8 Å². The quantitative estimate of drug-likeness (QED) is 0.198. The van der Waals surface area contributed by atoms with Crippen molar-refractivity contribution in [1.82, 2.24) is 24.6 Å². The van der Waals surface area contributed by atoms with Crippen molar-refractivity contribution in [1.29, 1.82) is 0 Å². The summed E-state index contributed by atoms with van der Waals surface area (Å²) in [5.41, 5.74) is 1.10. The number of ether oxygens (including phenoxy) is 4. The molecule has 0 spiro atoms. The Morgan fingerprint density at radius 3 is 2.44 bits per heavy atom. The van der Waals surface area contributed by atoms with Crippen molar-refractivity contribution in [3.8, 4) is 17.1 Å². The van der Waals surface area contributed by atoms with Gasteiger partial charge >= 0.3 is 12.1 Å². The van der Waals surface area contributed by atoms with E-state index in [1.165, 1.54) is 11.8 Å². The van der Waals surface area contributed by atoms with E-state index in [-0.39, 0.29) is 59.9 Å². The lowest BCUT2D eigenvalue weighted by molar-refractivity contribution is 0.00563. The summed E-state index contributed by atoms with van der Waals surface area (Å²) in [6.45, 7) is 12.2. The molecule has 1 saturated heterocycles. The number of aryl methyl sites for hydroxylation is 1. The molecule has 1 aliphatic heterocycles. The van der Waals surface area contributed by atoms with Crippen molar-refractivity contribution in [3.63, 3.8) is 0 Å². The number of aromatic nitrogens is 4. The first-order valence-corrected chi connectivity index (χ1v) is 14.8. The number of amides is 1. The Bertz CT molecular complexity index is 1740. The number of fused-ring (bicyclic) bond motifs is 2. The Morgan fingerprint density at radius 1 is 1.09 bits per heavy atom. The predicted octanol–water partition coefficient (Wildman–Crippen LogP) is 5.32. The van der Waals surface area contributed by atoms with E-state index in [2.05, 4.69) is 15.0 Å². The lowest BCUT2D eigenvalue weighted by Gasteiger charge is -2.45. The van der Waals surface area contributed by atoms with Crippen molar-refractivity contribution < 1.29 is 32.9 Å². The molecular weight excluding hydrogens is 583 g/mol. The van der Waals surface area contributed by atoms with Gasteiger partial charge in [-0.1, -0.05) is 0 Å². The molecule has 2 atom stereocenters. The van der Waals surface area contributed by atoms with Crippen molar-refractivity contribution in [2.75, 3.05) is 38.5 Å². The molecule has 1 fully saturated rings. The van der Waals surface area contributed by atoms with E-state index in [9.17, 15) is 9.59 Å². The minimum atomic E-state index is -0.689. The molecule has 1 aliphatic rings. The first-order chi connectivity index (χ1) is 21.3. The van der Waals surface area contributed by atoms with Crippen LogP contribution in [0.4, 0.5) is 14.9 Å². The highest BCUT2D eigenvalue weighted by atomic mass is 19.1. The number of carbonyl (C=O) groups excluding carboxylic acids is 2. The first kappa shape index (κ1) is 31.9. The van der Waals surface area contributed by atoms with Gasteiger partial charge in [-0.25, -0.2) is 23.9 Å². The summed E-state index contributed by atoms with van der Waals surface area (Å²) in [5, 5.41) is 5.20. The SMILES string of the molecule is CCOC(=O)c1nc(-c2cc3cn(C)nc3c(F)c2OCOC)nc2ccc(N3C[C@H](C)N(C(=O)OC(C)(C)C)[C@@H](C)C3)cc12. The number of hydrogen-bond acceptors (Lipinski definition) is 10. The number of anilines is 1. The van der Waals surface area contributed by atoms with E-state index in [4.69, 9.17) is 23.9 Å². The minimum Gasteiger partial charge on any atom is -0.464 e. The Balaban J connectivity index is 1.57. The van der Waals surface area contributed by atoms with Gasteiger partial charge in [0.05, 0.1) is 29.8 Å². The second-order valence-corrected chi connectivity index (χ2v) is 12.2. The fraction of sp³-hybridized carbons (Fsp3) is 0.469. The molecule has 2 aromatic heterocycles. The lowest BCUT2D eigenvalue weighted by atomic mass is 10.1. The topological polar surface area (TPSA) is 121 Å². The van der Waals surface area contributed by atoms with Crippen LogP contribution in [0.3, 0.4) is 0 Å². The van der Waals surface area contributed by atoms with Gasteiger partial charge in [-0.15, -0.1) is 0 Å². The standard InChI is InChI=1S/C32H39FN6O6/c1-9-43-30(40)27-22-13-21(38-14-18(2)39(19(3)15-38)31(41)45-32(4,5)6)10-11-24(22)34-29(35-27)23-12-20-16-37(7)36-26(20)25(33)28(23)44-17-42-8/h10-13,16,18-19H,9,14-15,17H2,1-8H3/t18-,19-/m0/s1. The number of nitrogens with zero attached hydrogens (tertiary/aromatic N) is 6. The Morgan fingerprint density at radius 2 is 1.80 bits per heavy atom. The van der Waals surface area contributed by atoms with Gasteiger partial charge in [-0.3, -0.25) is 9.58 Å². The van der Waals surface area contributed by atoms with Crippen LogP contribution in [0, 0.1) is 5.82 Å². The van der Waals surface area contributed by atoms with Crippen molar-refractivity contribution >= 4 is 39.6 Å². The molecule has 12 nitrogen and oxygen atoms in total. The molecule has 45 heavy (non-hydrogen) atoms. The third kappa shape index (κ3) is 6.48. The van der Waals surface area contributed by atoms with Crippen LogP contribution in [0.15, 0.2) is 30.5 Å². The maximum absolute atomic E-state index is 15.7. The molecule has 1 amide bonds. The molecule has 0 bridgehead atoms. The van der Waals surface area contributed by atoms with E-state index in [0.717, 1.165) is 5.69 Å². The smallest absolute Gasteiger partial charge is 0.410 e. The van der Waals surface area contributed by atoms with E-state index < -0.39 is 17.4 Å². The number of methoxy groups -OCH3 is 1. The molecule has 0 N–H and O–H groups in total. The van der Waals surface area contributed by atoms with Gasteiger partial charge in [0.25, 0.3) is 0 Å². The molecule has 240 valence electrons. The molecule has 5 rings (SSSR count). The third-order valence-corrected chi connectivity index (χ3v) is 7.41. The highest BCUT2D eigenvalue weighted by Crippen LogP contribution is 2.37. The number of halogens is 1. The van der Waals surface area contributed by atoms with E-state index in [0.29, 0.717) is 29.4 Å². The number of rotatable bonds is 7. The van der Waals surface area contributed by atoms with Gasteiger partial charge in [0.1, 0.15) is 11.1 Å². The van der Waals surface area contributed by atoms with Crippen LogP contribution < -0.4 is 9.64 Å². The monoisotopic (exact) mass is 622 g/mol. The summed E-state index contributed by atoms with van der Waals surface area (Å²) in [7, 11) is 3.12. The summed E-state index contributed by atoms with van der Waals surface area (Å²) in [4.78, 5) is 39.5. The van der Waals surface area contributed by atoms with Crippen molar-refractivity contribution in [3.05, 3.63) is 42.0 Å². The van der Waals surface area contributed by atoms with Crippen LogP contribution in [0.5, 0.6) is 5.75 Å². The van der Waals surface area contributed by atoms with E-state index in [1.807, 2.05) is 46.8 Å². The number of carbonyl (C=O) groups is 2. The highest BCUT2D eigenvalue weighted by molar-refractivity contribution is 6.03. The summed E-state index contributed by atoms with van der Waals surface area (Å²) < 4.78 is 38.9. The lowest BCUT2D eigenvalue weighted by Crippen LogP contribution is -2.59. The maximum atomic E-state index is 15.7. The minimum absolute atomic E-state index is 0.0385. The highest BCUT2D eigenvalue weighted by Gasteiger charge is 2.36. The molecule has 0 radical (unpaired) electrons. The summed E-state index contributed by atoms with van der Waals surface area (Å²) in [5.74, 6) is -1.38. The molecule has 13 heteroatoms. The third-order valence-electron chi connectivity index (χ3n) is 7.41. The maximum Gasteiger partial charge on any atom is 0.410 e. The van der Waals surface area contributed by atoms with Gasteiger partial charge in [0.2, 0.25) is 0 Å². The van der Waals surface area contributed by atoms with Crippen molar-refractivity contribution in [2.24, 2.45) is 7.05 Å². The molecule has 0 aliphatic carbocycles. The summed E-state index contributed by atoms with van der Waals surface area (Å²) in [6, 6.07) is 6.96. The second-order valence-electron chi connectivity index (χ2n) is 12.2. The molecule has 2 aromatic carbocycles. The molecule has 3 heterocycles. The van der Waals surface area contributed by atoms with Crippen LogP contribution in [0.2, 0.25) is 0 Å². The number of hydrogen-bond donors (Lipinski definition) is 0. The van der Waals surface area contributed by atoms with E-state index in [1.54, 1.807) is 37.2 Å². The molecule has 0 saturated carbocycles. The van der Waals surface area contributed by atoms with Crippen LogP contribution in [-0.2, 0) is 21.3 Å². The van der Waals surface area contributed by atoms with Crippen LogP contribution in [0.1, 0.15) is 52.0 Å². The van der Waals surface area contributed by atoms with E-state index >= 15 is 4.39 Å². The zero-order chi connectivity index (χ0) is 32.6. The molecule has 4 aromatic rings. The summed E-state index contributed by atoms with van der Waals surface area (Å²) in [6.07, 6.45) is 1.33. The summed E-state index contributed by atoms with van der Waals surface area (Å²) >= 11 is 0. The number of benzene rings is 2.